The van der Waals surface area contributed by atoms with E-state index in [2.05, 4.69) is 26.3 Å². The number of aromatic nitrogens is 1. The molecule has 4 N–H and O–H groups in total. The molecule has 3 rings (SSSR count). The van der Waals surface area contributed by atoms with Gasteiger partial charge in [-0.2, -0.15) is 0 Å². The van der Waals surface area contributed by atoms with Gasteiger partial charge < -0.3 is 30.2 Å². The number of methoxy groups -OCH3 is 2. The molecule has 0 aliphatic carbocycles. The molecule has 1 aliphatic rings. The number of halogens is 1. The molecule has 0 spiro atoms. The maximum Gasteiger partial charge on any atom is 0.188 e. The van der Waals surface area contributed by atoms with Gasteiger partial charge in [0.2, 0.25) is 0 Å². The highest BCUT2D eigenvalue weighted by molar-refractivity contribution is 14.0. The van der Waals surface area contributed by atoms with Crippen LogP contribution in [0.4, 0.5) is 0 Å². The summed E-state index contributed by atoms with van der Waals surface area (Å²) in [6.07, 6.45) is 2.87. The zero-order valence-corrected chi connectivity index (χ0v) is 20.2. The van der Waals surface area contributed by atoms with Crippen molar-refractivity contribution >= 4 is 40.8 Å². The van der Waals surface area contributed by atoms with E-state index < -0.39 is 0 Å². The third-order valence-corrected chi connectivity index (χ3v) is 5.13. The average Bonchev–Trinajstić information content (AvgIpc) is 3.17. The van der Waals surface area contributed by atoms with Crippen molar-refractivity contribution in [2.24, 2.45) is 10.7 Å². The van der Waals surface area contributed by atoms with Gasteiger partial charge in [0.25, 0.3) is 0 Å². The van der Waals surface area contributed by atoms with Crippen LogP contribution in [-0.2, 0) is 11.2 Å². The molecule has 9 heteroatoms. The van der Waals surface area contributed by atoms with Gasteiger partial charge in [-0.15, -0.1) is 24.0 Å². The molecule has 1 saturated heterocycles. The number of hydrogen-bond donors (Lipinski definition) is 3. The third kappa shape index (κ3) is 7.21. The van der Waals surface area contributed by atoms with Gasteiger partial charge in [0, 0.05) is 49.4 Å². The minimum Gasteiger partial charge on any atom is -0.497 e. The number of nitrogens with zero attached hydrogens (tertiary/aromatic N) is 2. The Balaban J connectivity index is 0.00000320. The number of hydrogen-bond acceptors (Lipinski definition) is 5. The maximum atomic E-state index is 5.97. The van der Waals surface area contributed by atoms with Gasteiger partial charge in [-0.05, 0) is 31.9 Å². The van der Waals surface area contributed by atoms with E-state index in [1.165, 1.54) is 0 Å². The van der Waals surface area contributed by atoms with Crippen LogP contribution in [0.1, 0.15) is 18.5 Å². The van der Waals surface area contributed by atoms with E-state index in [1.807, 2.05) is 12.1 Å². The molecule has 0 amide bonds. The summed E-state index contributed by atoms with van der Waals surface area (Å²) in [6.45, 7) is 6.33. The molecule has 0 unspecified atom stereocenters. The van der Waals surface area contributed by atoms with E-state index in [-0.39, 0.29) is 24.0 Å². The fourth-order valence-corrected chi connectivity index (χ4v) is 3.53. The third-order valence-electron chi connectivity index (χ3n) is 5.13. The van der Waals surface area contributed by atoms with Crippen LogP contribution in [0.2, 0.25) is 0 Å². The maximum absolute atomic E-state index is 5.97. The van der Waals surface area contributed by atoms with Crippen LogP contribution < -0.4 is 20.5 Å². The number of ether oxygens (including phenoxy) is 3. The van der Waals surface area contributed by atoms with E-state index in [4.69, 9.17) is 19.9 Å². The Bertz CT molecular complexity index is 805. The number of H-pyrrole nitrogens is 1. The first-order valence-electron chi connectivity index (χ1n) is 10.3. The van der Waals surface area contributed by atoms with E-state index in [0.29, 0.717) is 12.5 Å². The first-order chi connectivity index (χ1) is 14.2. The summed E-state index contributed by atoms with van der Waals surface area (Å²) in [6, 6.07) is 6.01. The van der Waals surface area contributed by atoms with Gasteiger partial charge in [-0.3, -0.25) is 9.89 Å². The van der Waals surface area contributed by atoms with E-state index >= 15 is 0 Å². The van der Waals surface area contributed by atoms with Crippen LogP contribution in [0.25, 0.3) is 10.9 Å². The molecule has 1 aromatic heterocycles. The Hall–Kier alpha value is -1.72. The number of rotatable bonds is 10. The van der Waals surface area contributed by atoms with Crippen LogP contribution in [-0.4, -0.2) is 76.0 Å². The summed E-state index contributed by atoms with van der Waals surface area (Å²) in [5.41, 5.74) is 8.14. The Labute approximate surface area is 195 Å². The molecule has 0 radical (unpaired) electrons. The van der Waals surface area contributed by atoms with Crippen molar-refractivity contribution < 1.29 is 14.2 Å². The van der Waals surface area contributed by atoms with Crippen LogP contribution in [0.3, 0.4) is 0 Å². The number of benzene rings is 1. The number of morpholine rings is 1. The number of fused-ring (bicyclic) bond motifs is 1. The molecular formula is C21H34IN5O3. The predicted molar refractivity (Wildman–Crippen MR) is 132 cm³/mol. The number of aliphatic imine (C=N–C) groups is 1. The topological polar surface area (TPSA) is 97.1 Å². The van der Waals surface area contributed by atoms with Crippen molar-refractivity contribution in [2.75, 3.05) is 60.2 Å². The van der Waals surface area contributed by atoms with Gasteiger partial charge in [0.1, 0.15) is 11.5 Å². The van der Waals surface area contributed by atoms with Crippen molar-refractivity contribution in [1.82, 2.24) is 15.2 Å². The summed E-state index contributed by atoms with van der Waals surface area (Å²) in [7, 11) is 3.33. The van der Waals surface area contributed by atoms with E-state index in [9.17, 15) is 0 Å². The quantitative estimate of drug-likeness (QED) is 0.189. The molecule has 0 atom stereocenters. The van der Waals surface area contributed by atoms with Crippen LogP contribution in [0, 0.1) is 0 Å². The van der Waals surface area contributed by atoms with Crippen molar-refractivity contribution in [3.05, 3.63) is 23.9 Å². The van der Waals surface area contributed by atoms with Gasteiger partial charge in [-0.25, -0.2) is 0 Å². The minimum atomic E-state index is 0. The number of aromatic amines is 1. The molecule has 1 fully saturated rings. The van der Waals surface area contributed by atoms with Crippen LogP contribution in [0.15, 0.2) is 23.2 Å². The summed E-state index contributed by atoms with van der Waals surface area (Å²) in [5, 5.41) is 4.26. The summed E-state index contributed by atoms with van der Waals surface area (Å²) >= 11 is 0. The molecule has 0 bridgehead atoms. The fourth-order valence-electron chi connectivity index (χ4n) is 3.53. The van der Waals surface area contributed by atoms with E-state index in [0.717, 1.165) is 86.8 Å². The smallest absolute Gasteiger partial charge is 0.188 e. The highest BCUT2D eigenvalue weighted by atomic mass is 127. The predicted octanol–water partition coefficient (Wildman–Crippen LogP) is 2.36. The molecule has 8 nitrogen and oxygen atoms in total. The number of aryl methyl sites for hydroxylation is 1. The zero-order valence-electron chi connectivity index (χ0n) is 17.9. The Morgan fingerprint density at radius 2 is 2.00 bits per heavy atom. The zero-order chi connectivity index (χ0) is 20.5. The summed E-state index contributed by atoms with van der Waals surface area (Å²) in [5.74, 6) is 2.11. The monoisotopic (exact) mass is 531 g/mol. The SMILES string of the molecule is COc1cc(OC)c2cc(CCCN=C(N)NCCCN3CCOCC3)[nH]c2c1.I. The number of nitrogens with two attached hydrogens (primary N) is 1. The average molecular weight is 531 g/mol. The second-order valence-corrected chi connectivity index (χ2v) is 7.19. The Morgan fingerprint density at radius 1 is 1.20 bits per heavy atom. The van der Waals surface area contributed by atoms with Crippen molar-refractivity contribution in [3.8, 4) is 11.5 Å². The Kier molecular flexibility index (Phi) is 10.5. The standard InChI is InChI=1S/C21H33N5O3.HI/c1-27-17-14-19-18(20(15-17)28-2)13-16(25-19)5-3-6-23-21(22)24-7-4-8-26-9-11-29-12-10-26;/h13-15,25H,3-12H2,1-2H3,(H3,22,23,24);1H. The van der Waals surface area contributed by atoms with Crippen LogP contribution in [0.5, 0.6) is 11.5 Å². The van der Waals surface area contributed by atoms with Crippen molar-refractivity contribution in [1.29, 1.82) is 0 Å². The highest BCUT2D eigenvalue weighted by Crippen LogP contribution is 2.31. The lowest BCUT2D eigenvalue weighted by atomic mass is 10.2. The molecule has 168 valence electrons. The largest absolute Gasteiger partial charge is 0.497 e. The van der Waals surface area contributed by atoms with Crippen LogP contribution >= 0.6 is 24.0 Å². The van der Waals surface area contributed by atoms with Gasteiger partial charge in [0.15, 0.2) is 5.96 Å². The lowest BCUT2D eigenvalue weighted by molar-refractivity contribution is 0.0376. The Morgan fingerprint density at radius 3 is 2.73 bits per heavy atom. The highest BCUT2D eigenvalue weighted by Gasteiger charge is 2.10. The van der Waals surface area contributed by atoms with E-state index in [1.54, 1.807) is 14.2 Å². The number of nitrogens with one attached hydrogen (secondary N) is 2. The molecule has 2 aromatic rings. The van der Waals surface area contributed by atoms with Crippen molar-refractivity contribution in [2.45, 2.75) is 19.3 Å². The lowest BCUT2D eigenvalue weighted by Gasteiger charge is -2.26. The first kappa shape index (κ1) is 24.5. The fraction of sp³-hybridized carbons (Fsp3) is 0.571. The summed E-state index contributed by atoms with van der Waals surface area (Å²) in [4.78, 5) is 10.3. The summed E-state index contributed by atoms with van der Waals surface area (Å²) < 4.78 is 16.2. The molecule has 1 aliphatic heterocycles. The van der Waals surface area contributed by atoms with Gasteiger partial charge in [-0.1, -0.05) is 0 Å². The second kappa shape index (κ2) is 12.9. The molecule has 1 aromatic carbocycles. The second-order valence-electron chi connectivity index (χ2n) is 7.19. The normalized spacial score (nSPS) is 15.1. The molecule has 0 saturated carbocycles. The van der Waals surface area contributed by atoms with Gasteiger partial charge >= 0.3 is 0 Å². The molecule has 2 heterocycles. The van der Waals surface area contributed by atoms with Crippen molar-refractivity contribution in [3.63, 3.8) is 0 Å². The lowest BCUT2D eigenvalue weighted by Crippen LogP contribution is -2.39. The number of guanidine groups is 1. The molecular weight excluding hydrogens is 497 g/mol. The van der Waals surface area contributed by atoms with Gasteiger partial charge in [0.05, 0.1) is 33.0 Å². The minimum absolute atomic E-state index is 0. The molecule has 30 heavy (non-hydrogen) atoms. The first-order valence-corrected chi connectivity index (χ1v) is 10.3.